The Morgan fingerprint density at radius 3 is 2.29 bits per heavy atom. The lowest BCUT2D eigenvalue weighted by Crippen LogP contribution is -2.52. The second-order valence-corrected chi connectivity index (χ2v) is 7.73. The van der Waals surface area contributed by atoms with Crippen LogP contribution in [-0.4, -0.2) is 65.0 Å². The third-order valence-electron chi connectivity index (χ3n) is 5.93. The van der Waals surface area contributed by atoms with E-state index in [0.29, 0.717) is 0 Å². The number of aryl methyl sites for hydroxylation is 1. The van der Waals surface area contributed by atoms with E-state index in [1.54, 1.807) is 0 Å². The highest BCUT2D eigenvalue weighted by Gasteiger charge is 2.30. The molecule has 2 atom stereocenters. The molecule has 28 heavy (non-hydrogen) atoms. The van der Waals surface area contributed by atoms with Crippen molar-refractivity contribution < 1.29 is 14.7 Å². The van der Waals surface area contributed by atoms with E-state index in [1.807, 2.05) is 25.7 Å². The SMILES string of the molecule is CCc1ccc(C(C)NC(=O)C(C)N2CCC(N(CC)CC(=O)O)CC2)cc1. The molecule has 0 bridgehead atoms. The molecule has 0 aliphatic carbocycles. The first-order chi connectivity index (χ1) is 13.3. The number of carbonyl (C=O) groups excluding carboxylic acids is 1. The molecule has 1 aromatic rings. The van der Waals surface area contributed by atoms with Gasteiger partial charge >= 0.3 is 5.97 Å². The maximum Gasteiger partial charge on any atom is 0.317 e. The lowest BCUT2D eigenvalue weighted by Gasteiger charge is -2.39. The molecule has 1 aliphatic rings. The number of carboxylic acid groups (broad SMARTS) is 1. The molecule has 1 aliphatic heterocycles. The number of nitrogens with one attached hydrogen (secondary N) is 1. The molecule has 2 rings (SSSR count). The van der Waals surface area contributed by atoms with Crippen molar-refractivity contribution in [3.05, 3.63) is 35.4 Å². The van der Waals surface area contributed by atoms with Gasteiger partial charge in [0.15, 0.2) is 0 Å². The van der Waals surface area contributed by atoms with Crippen LogP contribution in [0.15, 0.2) is 24.3 Å². The average molecular weight is 390 g/mol. The van der Waals surface area contributed by atoms with Crippen LogP contribution >= 0.6 is 0 Å². The van der Waals surface area contributed by atoms with Crippen molar-refractivity contribution >= 4 is 11.9 Å². The maximum absolute atomic E-state index is 12.7. The van der Waals surface area contributed by atoms with Gasteiger partial charge < -0.3 is 10.4 Å². The van der Waals surface area contributed by atoms with Crippen LogP contribution in [-0.2, 0) is 16.0 Å². The Morgan fingerprint density at radius 2 is 1.79 bits per heavy atom. The van der Waals surface area contributed by atoms with Gasteiger partial charge in [-0.3, -0.25) is 19.4 Å². The predicted octanol–water partition coefficient (Wildman–Crippen LogP) is 2.69. The van der Waals surface area contributed by atoms with Crippen LogP contribution in [0.4, 0.5) is 0 Å². The van der Waals surface area contributed by atoms with E-state index < -0.39 is 5.97 Å². The minimum atomic E-state index is -0.780. The Balaban J connectivity index is 1.85. The molecule has 2 unspecified atom stereocenters. The zero-order valence-electron chi connectivity index (χ0n) is 17.6. The van der Waals surface area contributed by atoms with E-state index in [4.69, 9.17) is 5.11 Å². The molecule has 0 radical (unpaired) electrons. The fraction of sp³-hybridized carbons (Fsp3) is 0.636. The number of carbonyl (C=O) groups is 2. The van der Waals surface area contributed by atoms with Gasteiger partial charge in [0.2, 0.25) is 5.91 Å². The van der Waals surface area contributed by atoms with Crippen LogP contribution in [0.5, 0.6) is 0 Å². The highest BCUT2D eigenvalue weighted by Crippen LogP contribution is 2.19. The number of amides is 1. The summed E-state index contributed by atoms with van der Waals surface area (Å²) in [7, 11) is 0. The number of piperidine rings is 1. The summed E-state index contributed by atoms with van der Waals surface area (Å²) in [4.78, 5) is 28.0. The lowest BCUT2D eigenvalue weighted by atomic mass is 10.0. The molecule has 156 valence electrons. The average Bonchev–Trinajstić information content (AvgIpc) is 2.71. The monoisotopic (exact) mass is 389 g/mol. The second-order valence-electron chi connectivity index (χ2n) is 7.73. The number of nitrogens with zero attached hydrogens (tertiary/aromatic N) is 2. The first-order valence-electron chi connectivity index (χ1n) is 10.4. The molecule has 1 fully saturated rings. The topological polar surface area (TPSA) is 72.9 Å². The van der Waals surface area contributed by atoms with E-state index in [-0.39, 0.29) is 30.6 Å². The summed E-state index contributed by atoms with van der Waals surface area (Å²) in [5, 5.41) is 12.2. The van der Waals surface area contributed by atoms with Crippen LogP contribution in [0.2, 0.25) is 0 Å². The van der Waals surface area contributed by atoms with Crippen molar-refractivity contribution in [3.8, 4) is 0 Å². The summed E-state index contributed by atoms with van der Waals surface area (Å²) in [6, 6.07) is 8.47. The van der Waals surface area contributed by atoms with Crippen molar-refractivity contribution in [3.63, 3.8) is 0 Å². The van der Waals surface area contributed by atoms with Gasteiger partial charge in [-0.1, -0.05) is 38.1 Å². The van der Waals surface area contributed by atoms with Crippen molar-refractivity contribution in [2.75, 3.05) is 26.2 Å². The summed E-state index contributed by atoms with van der Waals surface area (Å²) in [5.41, 5.74) is 2.41. The standard InChI is InChI=1S/C22H35N3O3/c1-5-18-7-9-19(10-8-18)16(3)23-22(28)17(4)25-13-11-20(12-14-25)24(6-2)15-21(26)27/h7-10,16-17,20H,5-6,11-15H2,1-4H3,(H,23,28)(H,26,27). The summed E-state index contributed by atoms with van der Waals surface area (Å²) in [6.45, 7) is 10.6. The third-order valence-corrected chi connectivity index (χ3v) is 5.93. The second kappa shape index (κ2) is 10.6. The minimum absolute atomic E-state index is 0.0236. The number of likely N-dealkylation sites (N-methyl/N-ethyl adjacent to an activating group) is 1. The molecular weight excluding hydrogens is 354 g/mol. The molecule has 2 N–H and O–H groups in total. The van der Waals surface area contributed by atoms with Crippen molar-refractivity contribution in [2.24, 2.45) is 0 Å². The Morgan fingerprint density at radius 1 is 1.18 bits per heavy atom. The number of benzene rings is 1. The van der Waals surface area contributed by atoms with E-state index in [0.717, 1.165) is 44.5 Å². The third kappa shape index (κ3) is 6.04. The number of aliphatic carboxylic acids is 1. The highest BCUT2D eigenvalue weighted by molar-refractivity contribution is 5.81. The normalized spacial score (nSPS) is 18.0. The first kappa shape index (κ1) is 22.4. The molecule has 1 amide bonds. The molecule has 0 spiro atoms. The van der Waals surface area contributed by atoms with E-state index in [2.05, 4.69) is 41.4 Å². The smallest absolute Gasteiger partial charge is 0.317 e. The van der Waals surface area contributed by atoms with Crippen molar-refractivity contribution in [2.45, 2.75) is 65.1 Å². The molecule has 1 heterocycles. The highest BCUT2D eigenvalue weighted by atomic mass is 16.4. The Labute approximate surface area is 168 Å². The zero-order valence-corrected chi connectivity index (χ0v) is 17.6. The van der Waals surface area contributed by atoms with Gasteiger partial charge in [0, 0.05) is 19.1 Å². The number of rotatable bonds is 9. The quantitative estimate of drug-likeness (QED) is 0.679. The Hall–Kier alpha value is -1.92. The van der Waals surface area contributed by atoms with Gasteiger partial charge in [-0.25, -0.2) is 0 Å². The maximum atomic E-state index is 12.7. The van der Waals surface area contributed by atoms with Crippen molar-refractivity contribution in [1.82, 2.24) is 15.1 Å². The summed E-state index contributed by atoms with van der Waals surface area (Å²) in [5.74, 6) is -0.735. The van der Waals surface area contributed by atoms with Crippen LogP contribution in [0.3, 0.4) is 0 Å². The lowest BCUT2D eigenvalue weighted by molar-refractivity contribution is -0.139. The fourth-order valence-electron chi connectivity index (χ4n) is 3.94. The number of likely N-dealkylation sites (tertiary alicyclic amines) is 1. The number of hydrogen-bond acceptors (Lipinski definition) is 4. The van der Waals surface area contributed by atoms with Gasteiger partial charge in [-0.05, 0) is 50.8 Å². The summed E-state index contributed by atoms with van der Waals surface area (Å²) in [6.07, 6.45) is 2.80. The van der Waals surface area contributed by atoms with Gasteiger partial charge in [-0.2, -0.15) is 0 Å². The van der Waals surface area contributed by atoms with Crippen molar-refractivity contribution in [1.29, 1.82) is 0 Å². The van der Waals surface area contributed by atoms with Gasteiger partial charge in [0.1, 0.15) is 0 Å². The molecule has 0 aromatic heterocycles. The zero-order chi connectivity index (χ0) is 20.7. The first-order valence-corrected chi connectivity index (χ1v) is 10.4. The summed E-state index contributed by atoms with van der Waals surface area (Å²) >= 11 is 0. The molecule has 1 aromatic carbocycles. The Bertz CT molecular complexity index is 639. The Kier molecular flexibility index (Phi) is 8.45. The van der Waals surface area contributed by atoms with Crippen LogP contribution in [0.25, 0.3) is 0 Å². The molecule has 0 saturated carbocycles. The summed E-state index contributed by atoms with van der Waals surface area (Å²) < 4.78 is 0. The van der Waals surface area contributed by atoms with E-state index in [9.17, 15) is 9.59 Å². The minimum Gasteiger partial charge on any atom is -0.480 e. The fourth-order valence-corrected chi connectivity index (χ4v) is 3.94. The van der Waals surface area contributed by atoms with Gasteiger partial charge in [0.05, 0.1) is 18.6 Å². The molecule has 6 heteroatoms. The molecular formula is C22H35N3O3. The molecule has 6 nitrogen and oxygen atoms in total. The van der Waals surface area contributed by atoms with Gasteiger partial charge in [-0.15, -0.1) is 0 Å². The van der Waals surface area contributed by atoms with Gasteiger partial charge in [0.25, 0.3) is 0 Å². The number of hydrogen-bond donors (Lipinski definition) is 2. The predicted molar refractivity (Wildman–Crippen MR) is 111 cm³/mol. The molecule has 1 saturated heterocycles. The van der Waals surface area contributed by atoms with Crippen LogP contribution in [0.1, 0.15) is 57.7 Å². The van der Waals surface area contributed by atoms with Crippen LogP contribution < -0.4 is 5.32 Å². The van der Waals surface area contributed by atoms with E-state index in [1.165, 1.54) is 5.56 Å². The van der Waals surface area contributed by atoms with E-state index >= 15 is 0 Å². The largest absolute Gasteiger partial charge is 0.480 e. The number of carboxylic acids is 1. The van der Waals surface area contributed by atoms with Crippen LogP contribution in [0, 0.1) is 0 Å².